The quantitative estimate of drug-likeness (QED) is 0.0968. The van der Waals surface area contributed by atoms with Crippen molar-refractivity contribution in [2.45, 2.75) is 77.5 Å². The zero-order valence-corrected chi connectivity index (χ0v) is 30.7. The van der Waals surface area contributed by atoms with Crippen molar-refractivity contribution in [3.8, 4) is 22.4 Å². The zero-order chi connectivity index (χ0) is 38.3. The molecule has 6 N–H and O–H groups in total. The molecule has 15 nitrogen and oxygen atoms in total. The minimum atomic E-state index is -1.36. The second-order valence-electron chi connectivity index (χ2n) is 14.9. The van der Waals surface area contributed by atoms with Gasteiger partial charge in [-0.15, -0.1) is 0 Å². The number of amides is 4. The van der Waals surface area contributed by atoms with Gasteiger partial charge in [0.25, 0.3) is 0 Å². The maximum Gasteiger partial charge on any atom is 0.411 e. The van der Waals surface area contributed by atoms with Gasteiger partial charge in [-0.2, -0.15) is 0 Å². The van der Waals surface area contributed by atoms with Crippen LogP contribution in [0.4, 0.5) is 9.59 Å². The first-order chi connectivity index (χ1) is 25.9. The van der Waals surface area contributed by atoms with E-state index in [1.165, 1.54) is 0 Å². The molecule has 4 amide bonds. The Morgan fingerprint density at radius 2 is 1.15 bits per heavy atom. The van der Waals surface area contributed by atoms with Crippen molar-refractivity contribution < 1.29 is 29.4 Å². The molecule has 4 atom stereocenters. The summed E-state index contributed by atoms with van der Waals surface area (Å²) < 4.78 is 0. The molecule has 5 aromatic rings. The number of imide groups is 2. The number of carboxylic acid groups (broad SMARTS) is 2. The molecule has 3 aromatic heterocycles. The predicted molar refractivity (Wildman–Crippen MR) is 201 cm³/mol. The van der Waals surface area contributed by atoms with Gasteiger partial charge in [-0.3, -0.25) is 35.0 Å². The molecule has 0 bridgehead atoms. The van der Waals surface area contributed by atoms with E-state index in [9.17, 15) is 19.2 Å². The molecule has 282 valence electrons. The summed E-state index contributed by atoms with van der Waals surface area (Å²) in [5.41, 5.74) is 6.91. The summed E-state index contributed by atoms with van der Waals surface area (Å²) in [6.45, 7) is 9.01. The number of pyridine rings is 1. The number of nitrogens with one attached hydrogen (secondary N) is 4. The van der Waals surface area contributed by atoms with E-state index in [0.717, 1.165) is 81.8 Å². The van der Waals surface area contributed by atoms with Crippen molar-refractivity contribution in [1.29, 1.82) is 0 Å². The first-order valence-electron chi connectivity index (χ1n) is 18.4. The van der Waals surface area contributed by atoms with Gasteiger partial charge in [-0.25, -0.2) is 19.6 Å². The van der Waals surface area contributed by atoms with Crippen LogP contribution in [0, 0.1) is 11.8 Å². The monoisotopic (exact) mass is 735 g/mol. The lowest BCUT2D eigenvalue weighted by atomic mass is 10.0. The Morgan fingerprint density at radius 1 is 0.685 bits per heavy atom. The number of H-pyrrole nitrogens is 2. The minimum absolute atomic E-state index is 0.0926. The summed E-state index contributed by atoms with van der Waals surface area (Å²) >= 11 is 0. The highest BCUT2D eigenvalue weighted by Crippen LogP contribution is 2.37. The minimum Gasteiger partial charge on any atom is -0.465 e. The van der Waals surface area contributed by atoms with Crippen molar-refractivity contribution in [1.82, 2.24) is 45.4 Å². The number of hydrogen-bond acceptors (Lipinski definition) is 9. The molecular formula is C39H45N9O6. The predicted octanol–water partition coefficient (Wildman–Crippen LogP) is 6.08. The van der Waals surface area contributed by atoms with Crippen LogP contribution in [-0.2, 0) is 9.59 Å². The van der Waals surface area contributed by atoms with Crippen LogP contribution in [0.2, 0.25) is 0 Å². The van der Waals surface area contributed by atoms with Gasteiger partial charge in [-0.1, -0.05) is 45.9 Å². The van der Waals surface area contributed by atoms with Gasteiger partial charge in [0.1, 0.15) is 11.6 Å². The molecule has 2 aliphatic heterocycles. The fourth-order valence-corrected chi connectivity index (χ4v) is 8.31. The van der Waals surface area contributed by atoms with E-state index < -0.39 is 36.1 Å². The van der Waals surface area contributed by atoms with Crippen molar-refractivity contribution in [2.24, 2.45) is 11.8 Å². The molecule has 2 aromatic carbocycles. The van der Waals surface area contributed by atoms with Gasteiger partial charge in [0.15, 0.2) is 0 Å². The first-order valence-corrected chi connectivity index (χ1v) is 18.4. The number of carbonyl (C=O) groups is 4. The van der Waals surface area contributed by atoms with Crippen LogP contribution >= 0.6 is 0 Å². The number of benzene rings is 2. The Hall–Kier alpha value is -5.67. The number of fused-ring (bicyclic) bond motifs is 2. The van der Waals surface area contributed by atoms with E-state index >= 15 is 0 Å². The fourth-order valence-electron chi connectivity index (χ4n) is 8.31. The van der Waals surface area contributed by atoms with Crippen molar-refractivity contribution in [2.75, 3.05) is 13.1 Å². The Morgan fingerprint density at radius 3 is 1.59 bits per heavy atom. The number of aromatic nitrogens is 5. The van der Waals surface area contributed by atoms with Gasteiger partial charge in [-0.05, 0) is 86.5 Å². The Balaban J connectivity index is 1.09. The van der Waals surface area contributed by atoms with Crippen LogP contribution in [0.15, 0.2) is 54.7 Å². The summed E-state index contributed by atoms with van der Waals surface area (Å²) in [4.78, 5) is 73.8. The van der Waals surface area contributed by atoms with Crippen LogP contribution in [0.1, 0.15) is 77.1 Å². The van der Waals surface area contributed by atoms with Gasteiger partial charge in [0.05, 0.1) is 51.9 Å². The maximum atomic E-state index is 12.8. The number of aromatic amines is 2. The highest BCUT2D eigenvalue weighted by Gasteiger charge is 2.40. The van der Waals surface area contributed by atoms with Gasteiger partial charge in [0.2, 0.25) is 11.8 Å². The van der Waals surface area contributed by atoms with E-state index in [2.05, 4.69) is 19.8 Å². The summed E-state index contributed by atoms with van der Waals surface area (Å²) in [5.74, 6) is 0.270. The van der Waals surface area contributed by atoms with Gasteiger partial charge >= 0.3 is 12.2 Å². The molecule has 0 spiro atoms. The molecular weight excluding hydrogens is 690 g/mol. The summed E-state index contributed by atoms with van der Waals surface area (Å²) in [5, 5.41) is 22.4. The lowest BCUT2D eigenvalue weighted by Crippen LogP contribution is -2.50. The van der Waals surface area contributed by atoms with E-state index in [-0.39, 0.29) is 23.9 Å². The van der Waals surface area contributed by atoms with Crippen molar-refractivity contribution in [3.05, 3.63) is 66.4 Å². The van der Waals surface area contributed by atoms with Crippen LogP contribution in [-0.4, -0.2) is 94.1 Å². The number of imidazole rings is 2. The number of hydrogen-bond donors (Lipinski definition) is 6. The maximum absolute atomic E-state index is 12.8. The molecule has 0 aliphatic carbocycles. The van der Waals surface area contributed by atoms with E-state index in [0.29, 0.717) is 13.1 Å². The molecule has 2 saturated heterocycles. The summed E-state index contributed by atoms with van der Waals surface area (Å²) in [6.07, 6.45) is 2.48. The third-order valence-electron chi connectivity index (χ3n) is 10.6. The molecule has 0 saturated carbocycles. The Bertz CT molecular complexity index is 2060. The molecule has 7 rings (SSSR count). The zero-order valence-electron chi connectivity index (χ0n) is 30.7. The molecule has 2 aliphatic rings. The SMILES string of the molecule is CC(C)[C@@H](C(=O)NC(=O)O)N1CCCC1c1nc2ccc(-c3ccc(-c4ccc5nc(C6CCCN6[C@H](C(=O)NC(=O)O)C(C)C)[nH]c5c4)nc3)cc2[nH]1. The molecule has 5 heterocycles. The van der Waals surface area contributed by atoms with Gasteiger partial charge < -0.3 is 20.2 Å². The lowest BCUT2D eigenvalue weighted by molar-refractivity contribution is -0.128. The standard InChI is InChI=1S/C39H45N9O6/c1-20(2)32(36(49)45-38(51)52)47-15-5-7-30(47)34-41-26-13-9-22(17-28(26)43-34)24-11-12-25(40-19-24)23-10-14-27-29(18-23)44-35(42-27)31-8-6-16-48(31)33(21(3)4)37(50)46-39(53)54/h9-14,17-21,30-33H,5-8,15-16H2,1-4H3,(H,41,43)(H,42,44)(H,45,49)(H,46,50)(H,51,52)(H,53,54)/t30?,31?,32-,33-/m0/s1. The Kier molecular flexibility index (Phi) is 10.2. The smallest absolute Gasteiger partial charge is 0.411 e. The molecule has 2 unspecified atom stereocenters. The van der Waals surface area contributed by atoms with Crippen LogP contribution in [0.5, 0.6) is 0 Å². The third kappa shape index (κ3) is 7.28. The van der Waals surface area contributed by atoms with Gasteiger partial charge in [0, 0.05) is 17.3 Å². The van der Waals surface area contributed by atoms with Crippen LogP contribution in [0.25, 0.3) is 44.5 Å². The van der Waals surface area contributed by atoms with Crippen LogP contribution in [0.3, 0.4) is 0 Å². The number of nitrogens with zero attached hydrogens (tertiary/aromatic N) is 5. The fraction of sp³-hybridized carbons (Fsp3) is 0.410. The highest BCUT2D eigenvalue weighted by molar-refractivity contribution is 5.95. The second kappa shape index (κ2) is 15.0. The normalized spacial score (nSPS) is 19.1. The topological polar surface area (TPSA) is 210 Å². The van der Waals surface area contributed by atoms with E-state index in [1.807, 2.05) is 93.1 Å². The first kappa shape index (κ1) is 36.7. The second-order valence-corrected chi connectivity index (χ2v) is 14.9. The largest absolute Gasteiger partial charge is 0.465 e. The number of rotatable bonds is 10. The van der Waals surface area contributed by atoms with Crippen molar-refractivity contribution >= 4 is 46.1 Å². The average Bonchev–Trinajstić information content (AvgIpc) is 3.93. The highest BCUT2D eigenvalue weighted by atomic mass is 16.4. The van der Waals surface area contributed by atoms with Crippen LogP contribution < -0.4 is 10.6 Å². The summed E-state index contributed by atoms with van der Waals surface area (Å²) in [7, 11) is 0. The molecule has 2 fully saturated rings. The van der Waals surface area contributed by atoms with E-state index in [1.54, 1.807) is 0 Å². The number of carbonyl (C=O) groups excluding carboxylic acids is 2. The third-order valence-corrected chi connectivity index (χ3v) is 10.6. The molecule has 0 radical (unpaired) electrons. The van der Waals surface area contributed by atoms with Crippen molar-refractivity contribution in [3.63, 3.8) is 0 Å². The molecule has 54 heavy (non-hydrogen) atoms. The Labute approximate surface area is 311 Å². The average molecular weight is 736 g/mol. The molecule has 15 heteroatoms. The summed E-state index contributed by atoms with van der Waals surface area (Å²) in [6, 6.07) is 14.5. The van der Waals surface area contributed by atoms with E-state index in [4.69, 9.17) is 25.2 Å². The number of likely N-dealkylation sites (tertiary alicyclic amines) is 2. The lowest BCUT2D eigenvalue weighted by Gasteiger charge is -2.33.